The Morgan fingerprint density at radius 3 is 2.20 bits per heavy atom. The van der Waals surface area contributed by atoms with E-state index in [1.807, 2.05) is 44.8 Å². The van der Waals surface area contributed by atoms with Crippen molar-refractivity contribution < 1.29 is 43.2 Å². The van der Waals surface area contributed by atoms with E-state index in [2.05, 4.69) is 11.8 Å². The number of piperidine rings is 1. The molecule has 3 heterocycles. The molecule has 1 aromatic rings. The van der Waals surface area contributed by atoms with Gasteiger partial charge in [-0.1, -0.05) is 13.8 Å². The van der Waals surface area contributed by atoms with Crippen molar-refractivity contribution in [2.75, 3.05) is 61.6 Å². The molecule has 12 heteroatoms. The predicted molar refractivity (Wildman–Crippen MR) is 189 cm³/mol. The van der Waals surface area contributed by atoms with Gasteiger partial charge in [-0.3, -0.25) is 19.3 Å². The van der Waals surface area contributed by atoms with Crippen LogP contribution in [0, 0.1) is 17.3 Å². The van der Waals surface area contributed by atoms with E-state index in [0.717, 1.165) is 0 Å². The molecular weight excluding hydrogens is 642 g/mol. The minimum absolute atomic E-state index is 0.0545. The molecule has 0 unspecified atom stereocenters. The Hall–Kier alpha value is -2.61. The number of esters is 1. The lowest BCUT2D eigenvalue weighted by Crippen LogP contribution is -2.59. The molecule has 50 heavy (non-hydrogen) atoms. The standard InChI is InChI=1S/C38H61N3O9/c1-24-21-37(6,47-11)32(50-34-30(42)29(39(7)8)20-25(2)49-34)26(3)31(43)36(4,5)35(45)48-23-38(40(9)22-24)16-18-41(19-17-38)33(44)27-12-14-28(46-10)15-13-27/h12-15,24-26,29-30,32,34,42H,16-23H2,1-11H3/t24-,25-,26+,29+,30-,32-,34+,37-/m1/s1. The van der Waals surface area contributed by atoms with Crippen molar-refractivity contribution in [2.24, 2.45) is 17.3 Å². The van der Waals surface area contributed by atoms with Gasteiger partial charge in [-0.15, -0.1) is 0 Å². The molecule has 1 amide bonds. The first-order valence-corrected chi connectivity index (χ1v) is 18.0. The van der Waals surface area contributed by atoms with E-state index < -0.39 is 46.9 Å². The average molecular weight is 704 g/mol. The molecule has 1 aromatic carbocycles. The highest BCUT2D eigenvalue weighted by atomic mass is 16.7. The van der Waals surface area contributed by atoms with Crippen molar-refractivity contribution in [1.82, 2.24) is 14.7 Å². The summed E-state index contributed by atoms with van der Waals surface area (Å²) in [4.78, 5) is 47.7. The fraction of sp³-hybridized carbons (Fsp3) is 0.763. The molecule has 4 rings (SSSR count). The lowest BCUT2D eigenvalue weighted by Gasteiger charge is -2.48. The fourth-order valence-corrected chi connectivity index (χ4v) is 8.19. The number of methoxy groups -OCH3 is 2. The Balaban J connectivity index is 1.62. The van der Waals surface area contributed by atoms with Crippen molar-refractivity contribution in [3.63, 3.8) is 0 Å². The molecule has 0 aliphatic carbocycles. The van der Waals surface area contributed by atoms with Crippen molar-refractivity contribution in [1.29, 1.82) is 0 Å². The van der Waals surface area contributed by atoms with Crippen LogP contribution in [-0.2, 0) is 28.5 Å². The van der Waals surface area contributed by atoms with Crippen LogP contribution in [0.25, 0.3) is 0 Å². The summed E-state index contributed by atoms with van der Waals surface area (Å²) < 4.78 is 30.4. The first-order chi connectivity index (χ1) is 23.4. The lowest BCUT2D eigenvalue weighted by atomic mass is 9.74. The summed E-state index contributed by atoms with van der Waals surface area (Å²) >= 11 is 0. The molecule has 1 N–H and O–H groups in total. The number of hydrogen-bond acceptors (Lipinski definition) is 11. The quantitative estimate of drug-likeness (QED) is 0.345. The number of aliphatic hydroxyl groups is 1. The number of ether oxygens (including phenoxy) is 5. The van der Waals surface area contributed by atoms with Crippen LogP contribution in [-0.4, -0.2) is 141 Å². The van der Waals surface area contributed by atoms with E-state index in [1.54, 1.807) is 59.3 Å². The number of likely N-dealkylation sites (tertiary alicyclic amines) is 1. The summed E-state index contributed by atoms with van der Waals surface area (Å²) in [6.07, 6.45) is -0.660. The number of carbonyl (C=O) groups is 3. The smallest absolute Gasteiger partial charge is 0.319 e. The van der Waals surface area contributed by atoms with E-state index in [9.17, 15) is 19.5 Å². The predicted octanol–water partition coefficient (Wildman–Crippen LogP) is 3.63. The number of rotatable bonds is 6. The molecule has 0 saturated carbocycles. The van der Waals surface area contributed by atoms with Gasteiger partial charge in [-0.2, -0.15) is 0 Å². The molecule has 0 bridgehead atoms. The summed E-state index contributed by atoms with van der Waals surface area (Å²) in [6.45, 7) is 12.7. The third-order valence-electron chi connectivity index (χ3n) is 11.6. The monoisotopic (exact) mass is 703 g/mol. The maximum atomic E-state index is 14.3. The number of benzene rings is 1. The minimum Gasteiger partial charge on any atom is -0.497 e. The second kappa shape index (κ2) is 16.0. The second-order valence-electron chi connectivity index (χ2n) is 15.9. The van der Waals surface area contributed by atoms with Gasteiger partial charge < -0.3 is 38.6 Å². The van der Waals surface area contributed by atoms with E-state index in [-0.39, 0.29) is 36.4 Å². The van der Waals surface area contributed by atoms with E-state index >= 15 is 0 Å². The Kier molecular flexibility index (Phi) is 12.8. The van der Waals surface area contributed by atoms with E-state index in [0.29, 0.717) is 56.6 Å². The van der Waals surface area contributed by atoms with Crippen molar-refractivity contribution in [3.05, 3.63) is 29.8 Å². The van der Waals surface area contributed by atoms with Gasteiger partial charge >= 0.3 is 5.97 Å². The first-order valence-electron chi connectivity index (χ1n) is 18.0. The van der Waals surface area contributed by atoms with Crippen LogP contribution in [0.1, 0.15) is 77.6 Å². The normalized spacial score (nSPS) is 34.4. The van der Waals surface area contributed by atoms with Gasteiger partial charge in [-0.25, -0.2) is 0 Å². The van der Waals surface area contributed by atoms with Crippen LogP contribution >= 0.6 is 0 Å². The van der Waals surface area contributed by atoms with Crippen molar-refractivity contribution in [3.8, 4) is 5.75 Å². The van der Waals surface area contributed by atoms with Gasteiger partial charge in [0.2, 0.25) is 0 Å². The molecular formula is C38H61N3O9. The van der Waals surface area contributed by atoms with Gasteiger partial charge in [0.15, 0.2) is 12.1 Å². The number of Topliss-reactive ketones (excluding diaryl/α,β-unsaturated/α-hetero) is 1. The minimum atomic E-state index is -1.49. The molecule has 12 nitrogen and oxygen atoms in total. The summed E-state index contributed by atoms with van der Waals surface area (Å²) in [7, 11) is 9.07. The van der Waals surface area contributed by atoms with Gasteiger partial charge in [0, 0.05) is 44.3 Å². The molecule has 1 spiro atoms. The van der Waals surface area contributed by atoms with Crippen LogP contribution < -0.4 is 4.74 Å². The van der Waals surface area contributed by atoms with Crippen LogP contribution in [0.4, 0.5) is 0 Å². The third-order valence-corrected chi connectivity index (χ3v) is 11.6. The highest BCUT2D eigenvalue weighted by molar-refractivity contribution is 6.04. The zero-order valence-electron chi connectivity index (χ0n) is 32.1. The molecule has 3 saturated heterocycles. The zero-order valence-corrected chi connectivity index (χ0v) is 32.1. The fourth-order valence-electron chi connectivity index (χ4n) is 8.19. The molecule has 0 aromatic heterocycles. The summed E-state index contributed by atoms with van der Waals surface area (Å²) in [5, 5.41) is 11.4. The van der Waals surface area contributed by atoms with Crippen LogP contribution in [0.3, 0.4) is 0 Å². The average Bonchev–Trinajstić information content (AvgIpc) is 3.09. The number of ketones is 1. The van der Waals surface area contributed by atoms with Crippen LogP contribution in [0.5, 0.6) is 5.75 Å². The zero-order chi connectivity index (χ0) is 37.2. The highest BCUT2D eigenvalue weighted by Crippen LogP contribution is 2.40. The topological polar surface area (TPSA) is 127 Å². The van der Waals surface area contributed by atoms with Crippen molar-refractivity contribution in [2.45, 2.75) is 109 Å². The molecule has 0 radical (unpaired) electrons. The Labute approximate surface area is 298 Å². The summed E-state index contributed by atoms with van der Waals surface area (Å²) in [5.41, 5.74) is -2.43. The largest absolute Gasteiger partial charge is 0.497 e. The molecule has 3 aliphatic heterocycles. The Morgan fingerprint density at radius 2 is 1.64 bits per heavy atom. The number of aliphatic hydroxyl groups excluding tert-OH is 1. The Bertz CT molecular complexity index is 1330. The van der Waals surface area contributed by atoms with Gasteiger partial charge in [0.25, 0.3) is 5.91 Å². The molecule has 8 atom stereocenters. The summed E-state index contributed by atoms with van der Waals surface area (Å²) in [5.74, 6) is -1.07. The Morgan fingerprint density at radius 1 is 1.02 bits per heavy atom. The third kappa shape index (κ3) is 8.37. The van der Waals surface area contributed by atoms with Gasteiger partial charge in [0.05, 0.1) is 30.5 Å². The lowest BCUT2D eigenvalue weighted by molar-refractivity contribution is -0.295. The van der Waals surface area contributed by atoms with Crippen LogP contribution in [0.2, 0.25) is 0 Å². The maximum absolute atomic E-state index is 14.3. The number of hydrogen-bond donors (Lipinski definition) is 1. The first kappa shape index (κ1) is 40.2. The van der Waals surface area contributed by atoms with E-state index in [1.165, 1.54) is 0 Å². The number of amides is 1. The number of carbonyl (C=O) groups excluding carboxylic acids is 3. The number of cyclic esters (lactones) is 1. The van der Waals surface area contributed by atoms with Gasteiger partial charge in [-0.05, 0) is 105 Å². The highest BCUT2D eigenvalue weighted by Gasteiger charge is 2.52. The SMILES string of the molecule is COc1ccc(C(=O)N2CCC3(CC2)COC(=O)C(C)(C)C(=O)[C@H](C)[C@@H](O[C@@H]2O[C@H](C)C[C@H](N(C)C)[C@H]2O)[C@](C)(OC)C[C@@H](C)CN3C)cc1. The number of likely N-dealkylation sites (N-methyl/N-ethyl adjacent to an activating group) is 2. The molecule has 3 fully saturated rings. The van der Waals surface area contributed by atoms with E-state index in [4.69, 9.17) is 23.7 Å². The van der Waals surface area contributed by atoms with Gasteiger partial charge in [0.1, 0.15) is 23.9 Å². The molecule has 282 valence electrons. The molecule has 3 aliphatic rings. The van der Waals surface area contributed by atoms with Crippen molar-refractivity contribution >= 4 is 17.7 Å². The number of nitrogens with zero attached hydrogens (tertiary/aromatic N) is 3. The summed E-state index contributed by atoms with van der Waals surface area (Å²) in [6, 6.07) is 6.90. The second-order valence-corrected chi connectivity index (χ2v) is 15.9. The maximum Gasteiger partial charge on any atom is 0.319 e. The van der Waals surface area contributed by atoms with Crippen LogP contribution in [0.15, 0.2) is 24.3 Å².